The van der Waals surface area contributed by atoms with Gasteiger partial charge in [-0.25, -0.2) is 14.2 Å². The molecule has 0 bridgehead atoms. The number of thiophene rings is 1. The van der Waals surface area contributed by atoms with Crippen molar-refractivity contribution in [2.45, 2.75) is 51.2 Å². The van der Waals surface area contributed by atoms with Gasteiger partial charge in [0.25, 0.3) is 0 Å². The summed E-state index contributed by atoms with van der Waals surface area (Å²) in [6.07, 6.45) is 4.95. The summed E-state index contributed by atoms with van der Waals surface area (Å²) >= 11 is 1.42. The second kappa shape index (κ2) is 6.47. The van der Waals surface area contributed by atoms with Crippen LogP contribution in [0.15, 0.2) is 17.1 Å². The maximum Gasteiger partial charge on any atom is 0.341 e. The summed E-state index contributed by atoms with van der Waals surface area (Å²) in [5, 5.41) is 19.7. The highest BCUT2D eigenvalue weighted by molar-refractivity contribution is 7.15. The van der Waals surface area contributed by atoms with Crippen LogP contribution < -0.4 is 5.43 Å². The number of halogens is 1. The van der Waals surface area contributed by atoms with Crippen LogP contribution in [0.1, 0.15) is 64.2 Å². The quantitative estimate of drug-likeness (QED) is 0.676. The Hall–Kier alpha value is -2.58. The number of nitrogens with zero attached hydrogens (tertiary/aromatic N) is 2. The molecule has 8 heteroatoms. The Balaban J connectivity index is 1.80. The molecule has 0 aromatic carbocycles. The summed E-state index contributed by atoms with van der Waals surface area (Å²) in [6, 6.07) is 1.87. The van der Waals surface area contributed by atoms with E-state index in [9.17, 15) is 19.8 Å². The van der Waals surface area contributed by atoms with Crippen molar-refractivity contribution in [3.8, 4) is 10.6 Å². The first kappa shape index (κ1) is 18.4. The topological polar surface area (TPSA) is 92.4 Å². The summed E-state index contributed by atoms with van der Waals surface area (Å²) in [4.78, 5) is 30.5. The normalized spacial score (nSPS) is 18.8. The molecule has 0 radical (unpaired) electrons. The average molecular weight is 414 g/mol. The summed E-state index contributed by atoms with van der Waals surface area (Å²) in [6.45, 7) is 1.50. The van der Waals surface area contributed by atoms with E-state index in [1.165, 1.54) is 24.5 Å². The number of pyridine rings is 2. The number of aryl methyl sites for hydroxylation is 2. The highest BCUT2D eigenvalue weighted by Crippen LogP contribution is 2.42. The first-order valence-corrected chi connectivity index (χ1v) is 10.5. The number of aromatic nitrogens is 2. The number of fused-ring (bicyclic) bond motifs is 2. The van der Waals surface area contributed by atoms with E-state index in [1.807, 2.05) is 0 Å². The summed E-state index contributed by atoms with van der Waals surface area (Å²) in [5.41, 5.74) is 0.342. The zero-order valence-electron chi connectivity index (χ0n) is 15.7. The number of carbonyl (C=O) groups is 1. The molecule has 2 aliphatic carbocycles. The molecule has 0 aliphatic heterocycles. The Kier molecular flexibility index (Phi) is 4.11. The number of aromatic carboxylic acids is 1. The second-order valence-electron chi connectivity index (χ2n) is 7.81. The van der Waals surface area contributed by atoms with E-state index in [-0.39, 0.29) is 28.2 Å². The lowest BCUT2D eigenvalue weighted by atomic mass is 9.96. The third-order valence-electron chi connectivity index (χ3n) is 5.82. The van der Waals surface area contributed by atoms with Gasteiger partial charge in [-0.2, -0.15) is 0 Å². The molecule has 1 atom stereocenters. The zero-order chi connectivity index (χ0) is 20.4. The number of carboxylic acid groups (broad SMARTS) is 1. The van der Waals surface area contributed by atoms with E-state index < -0.39 is 23.3 Å². The van der Waals surface area contributed by atoms with Crippen molar-refractivity contribution in [3.63, 3.8) is 0 Å². The number of carboxylic acids is 1. The molecule has 0 spiro atoms. The lowest BCUT2D eigenvalue weighted by Gasteiger charge is -2.16. The third-order valence-corrected chi connectivity index (χ3v) is 7.04. The van der Waals surface area contributed by atoms with E-state index >= 15 is 4.39 Å². The van der Waals surface area contributed by atoms with Gasteiger partial charge in [0.05, 0.1) is 16.4 Å². The van der Waals surface area contributed by atoms with Crippen molar-refractivity contribution in [2.75, 3.05) is 0 Å². The molecule has 2 aliphatic rings. The Morgan fingerprint density at radius 3 is 2.76 bits per heavy atom. The van der Waals surface area contributed by atoms with Crippen molar-refractivity contribution in [3.05, 3.63) is 49.9 Å². The van der Waals surface area contributed by atoms with Crippen LogP contribution >= 0.6 is 11.3 Å². The van der Waals surface area contributed by atoms with Crippen molar-refractivity contribution < 1.29 is 19.4 Å². The maximum atomic E-state index is 15.3. The minimum absolute atomic E-state index is 0.0272. The lowest BCUT2D eigenvalue weighted by molar-refractivity contribution is 0.0695. The molecule has 29 heavy (non-hydrogen) atoms. The molecule has 1 fully saturated rings. The van der Waals surface area contributed by atoms with Crippen LogP contribution in [0.5, 0.6) is 0 Å². The maximum absolute atomic E-state index is 15.3. The highest BCUT2D eigenvalue weighted by atomic mass is 32.1. The van der Waals surface area contributed by atoms with Gasteiger partial charge in [-0.15, -0.1) is 11.3 Å². The van der Waals surface area contributed by atoms with Crippen LogP contribution in [0.25, 0.3) is 21.6 Å². The monoisotopic (exact) mass is 414 g/mol. The van der Waals surface area contributed by atoms with E-state index in [1.54, 1.807) is 10.6 Å². The molecule has 6 nitrogen and oxygen atoms in total. The van der Waals surface area contributed by atoms with Crippen LogP contribution in [0.3, 0.4) is 0 Å². The van der Waals surface area contributed by atoms with E-state index in [4.69, 9.17) is 0 Å². The Morgan fingerprint density at radius 2 is 2.10 bits per heavy atom. The molecule has 1 saturated carbocycles. The van der Waals surface area contributed by atoms with Crippen molar-refractivity contribution >= 4 is 28.3 Å². The molecule has 3 aromatic rings. The second-order valence-corrected chi connectivity index (χ2v) is 8.95. The molecule has 0 saturated heterocycles. The molecule has 1 unspecified atom stereocenters. The lowest BCUT2D eigenvalue weighted by Crippen LogP contribution is -2.21. The van der Waals surface area contributed by atoms with Gasteiger partial charge in [0.15, 0.2) is 5.82 Å². The molecule has 150 valence electrons. The van der Waals surface area contributed by atoms with E-state index in [0.717, 1.165) is 36.1 Å². The van der Waals surface area contributed by atoms with Crippen molar-refractivity contribution in [2.24, 2.45) is 0 Å². The molecule has 0 amide bonds. The predicted octanol–water partition coefficient (Wildman–Crippen LogP) is 3.98. The fourth-order valence-corrected chi connectivity index (χ4v) is 5.36. The van der Waals surface area contributed by atoms with Crippen molar-refractivity contribution in [1.29, 1.82) is 0 Å². The van der Waals surface area contributed by atoms with Crippen LogP contribution in [0.2, 0.25) is 0 Å². The van der Waals surface area contributed by atoms with Crippen LogP contribution in [-0.4, -0.2) is 25.7 Å². The van der Waals surface area contributed by atoms with Gasteiger partial charge in [-0.3, -0.25) is 4.79 Å². The van der Waals surface area contributed by atoms with E-state index in [2.05, 4.69) is 4.98 Å². The van der Waals surface area contributed by atoms with Gasteiger partial charge >= 0.3 is 5.97 Å². The smallest absolute Gasteiger partial charge is 0.341 e. The molecule has 3 aromatic heterocycles. The molecule has 2 N–H and O–H groups in total. The fourth-order valence-electron chi connectivity index (χ4n) is 4.11. The molecule has 3 heterocycles. The molecular formula is C21H19FN2O4S. The molecular weight excluding hydrogens is 395 g/mol. The summed E-state index contributed by atoms with van der Waals surface area (Å²) < 4.78 is 17.0. The van der Waals surface area contributed by atoms with Crippen LogP contribution in [0, 0.1) is 12.7 Å². The van der Waals surface area contributed by atoms with Crippen LogP contribution in [0.4, 0.5) is 4.39 Å². The Bertz CT molecular complexity index is 1240. The predicted molar refractivity (Wildman–Crippen MR) is 107 cm³/mol. The number of aliphatic hydroxyl groups is 1. The van der Waals surface area contributed by atoms with Gasteiger partial charge in [-0.05, 0) is 50.7 Å². The largest absolute Gasteiger partial charge is 0.477 e. The number of aliphatic hydroxyl groups excluding tert-OH is 1. The molecule has 5 rings (SSSR count). The van der Waals surface area contributed by atoms with Gasteiger partial charge < -0.3 is 14.8 Å². The zero-order valence-corrected chi connectivity index (χ0v) is 16.6. The minimum atomic E-state index is -1.32. The Labute approximate surface area is 169 Å². The van der Waals surface area contributed by atoms with E-state index in [0.29, 0.717) is 16.9 Å². The summed E-state index contributed by atoms with van der Waals surface area (Å²) in [5.74, 6) is -1.94. The first-order chi connectivity index (χ1) is 13.9. The average Bonchev–Trinajstić information content (AvgIpc) is 3.42. The number of rotatable bonds is 3. The standard InChI is InChI=1S/C21H19FN2O4S/c1-9-16-19(26)12(21(27)28)8-24(10-5-6-10)20(16)23-18(17(9)22)15-7-11-13(25)3-2-4-14(11)29-15/h7-8,10,13,25H,2-6H2,1H3,(H,27,28). The third kappa shape index (κ3) is 2.81. The highest BCUT2D eigenvalue weighted by Gasteiger charge is 2.30. The summed E-state index contributed by atoms with van der Waals surface area (Å²) in [7, 11) is 0. The number of hydrogen-bond donors (Lipinski definition) is 2. The minimum Gasteiger partial charge on any atom is -0.477 e. The van der Waals surface area contributed by atoms with Crippen LogP contribution in [-0.2, 0) is 6.42 Å². The Morgan fingerprint density at radius 1 is 1.34 bits per heavy atom. The number of hydrogen-bond acceptors (Lipinski definition) is 5. The fraction of sp³-hybridized carbons (Fsp3) is 0.381. The first-order valence-electron chi connectivity index (χ1n) is 9.66. The van der Waals surface area contributed by atoms with Gasteiger partial charge in [0, 0.05) is 22.7 Å². The van der Waals surface area contributed by atoms with Gasteiger partial charge in [-0.1, -0.05) is 0 Å². The van der Waals surface area contributed by atoms with Gasteiger partial charge in [0.2, 0.25) is 5.43 Å². The van der Waals surface area contributed by atoms with Gasteiger partial charge in [0.1, 0.15) is 16.9 Å². The SMILES string of the molecule is Cc1c(F)c(-c2cc3c(s2)CCCC3O)nc2c1c(=O)c(C(=O)O)cn2C1CC1. The van der Waals surface area contributed by atoms with Crippen molar-refractivity contribution in [1.82, 2.24) is 9.55 Å².